The van der Waals surface area contributed by atoms with Crippen LogP contribution < -0.4 is 10.1 Å². The van der Waals surface area contributed by atoms with Gasteiger partial charge in [-0.1, -0.05) is 12.1 Å². The van der Waals surface area contributed by atoms with Crippen molar-refractivity contribution in [2.75, 3.05) is 11.9 Å². The number of benzene rings is 2. The van der Waals surface area contributed by atoms with Gasteiger partial charge in [0.1, 0.15) is 17.6 Å². The van der Waals surface area contributed by atoms with Crippen LogP contribution in [-0.4, -0.2) is 6.61 Å². The van der Waals surface area contributed by atoms with Gasteiger partial charge in [0.05, 0.1) is 0 Å². The minimum absolute atomic E-state index is 0.0203. The molecule has 0 saturated carbocycles. The lowest BCUT2D eigenvalue weighted by Gasteiger charge is -2.10. The Balaban J connectivity index is 2.03. The van der Waals surface area contributed by atoms with Crippen LogP contribution in [0.2, 0.25) is 0 Å². The highest BCUT2D eigenvalue weighted by atomic mass is 19.1. The van der Waals surface area contributed by atoms with Gasteiger partial charge in [0.2, 0.25) is 0 Å². The van der Waals surface area contributed by atoms with Crippen LogP contribution in [0.3, 0.4) is 0 Å². The van der Waals surface area contributed by atoms with Crippen molar-refractivity contribution < 1.29 is 9.13 Å². The summed E-state index contributed by atoms with van der Waals surface area (Å²) in [6.07, 6.45) is 0. The van der Waals surface area contributed by atoms with Gasteiger partial charge in [-0.2, -0.15) is 5.26 Å². The molecule has 0 aliphatic rings. The van der Waals surface area contributed by atoms with Gasteiger partial charge in [0.15, 0.2) is 6.61 Å². The Morgan fingerprint density at radius 3 is 2.90 bits per heavy atom. The zero-order valence-electron chi connectivity index (χ0n) is 11.2. The molecule has 0 aliphatic carbocycles. The van der Waals surface area contributed by atoms with Gasteiger partial charge >= 0.3 is 0 Å². The molecule has 4 heteroatoms. The first-order chi connectivity index (χ1) is 9.69. The molecule has 0 fully saturated rings. The summed E-state index contributed by atoms with van der Waals surface area (Å²) in [5.41, 5.74) is 2.81. The summed E-state index contributed by atoms with van der Waals surface area (Å²) in [6, 6.07) is 14.0. The first-order valence-corrected chi connectivity index (χ1v) is 6.28. The van der Waals surface area contributed by atoms with Crippen LogP contribution in [0.4, 0.5) is 10.1 Å². The molecule has 0 spiro atoms. The van der Waals surface area contributed by atoms with Crippen LogP contribution in [0, 0.1) is 24.1 Å². The molecule has 2 rings (SSSR count). The van der Waals surface area contributed by atoms with Crippen molar-refractivity contribution in [3.8, 4) is 11.8 Å². The third-order valence-corrected chi connectivity index (χ3v) is 2.93. The molecule has 0 unspecified atom stereocenters. The highest BCUT2D eigenvalue weighted by Gasteiger charge is 2.01. The summed E-state index contributed by atoms with van der Waals surface area (Å²) in [5, 5.41) is 11.7. The second-order valence-electron chi connectivity index (χ2n) is 4.40. The van der Waals surface area contributed by atoms with Gasteiger partial charge in [0, 0.05) is 18.3 Å². The fourth-order valence-electron chi connectivity index (χ4n) is 1.84. The molecule has 0 bridgehead atoms. The van der Waals surface area contributed by atoms with Crippen LogP contribution in [0.5, 0.6) is 5.75 Å². The van der Waals surface area contributed by atoms with Gasteiger partial charge in [-0.15, -0.1) is 0 Å². The predicted molar refractivity (Wildman–Crippen MR) is 76.0 cm³/mol. The Bertz CT molecular complexity index is 635. The number of ether oxygens (including phenoxy) is 1. The smallest absolute Gasteiger partial charge is 0.174 e. The number of nitrogens with one attached hydrogen (secondary N) is 1. The van der Waals surface area contributed by atoms with Crippen LogP contribution in [0.15, 0.2) is 42.5 Å². The third-order valence-electron chi connectivity index (χ3n) is 2.93. The Hall–Kier alpha value is -2.54. The summed E-state index contributed by atoms with van der Waals surface area (Å²) in [7, 11) is 0. The van der Waals surface area contributed by atoms with Crippen molar-refractivity contribution in [1.82, 2.24) is 0 Å². The molecule has 0 radical (unpaired) electrons. The minimum atomic E-state index is -0.237. The molecule has 0 aromatic heterocycles. The van der Waals surface area contributed by atoms with Crippen molar-refractivity contribution in [2.45, 2.75) is 13.5 Å². The van der Waals surface area contributed by atoms with E-state index in [0.29, 0.717) is 12.3 Å². The lowest BCUT2D eigenvalue weighted by Crippen LogP contribution is -2.02. The molecule has 0 atom stereocenters. The van der Waals surface area contributed by atoms with Gasteiger partial charge < -0.3 is 10.1 Å². The summed E-state index contributed by atoms with van der Waals surface area (Å²) in [6.45, 7) is 2.50. The van der Waals surface area contributed by atoms with Crippen LogP contribution in [0.1, 0.15) is 11.1 Å². The van der Waals surface area contributed by atoms with E-state index in [1.54, 1.807) is 12.1 Å². The first kappa shape index (κ1) is 13.9. The lowest BCUT2D eigenvalue weighted by atomic mass is 10.1. The third kappa shape index (κ3) is 3.72. The van der Waals surface area contributed by atoms with E-state index in [2.05, 4.69) is 5.32 Å². The molecule has 2 aromatic carbocycles. The summed E-state index contributed by atoms with van der Waals surface area (Å²) < 4.78 is 18.4. The van der Waals surface area contributed by atoms with E-state index in [4.69, 9.17) is 10.00 Å². The maximum Gasteiger partial charge on any atom is 0.174 e. The summed E-state index contributed by atoms with van der Waals surface area (Å²) >= 11 is 0. The first-order valence-electron chi connectivity index (χ1n) is 6.28. The number of hydrogen-bond donors (Lipinski definition) is 1. The van der Waals surface area contributed by atoms with Gasteiger partial charge in [-0.05, 0) is 42.3 Å². The predicted octanol–water partition coefficient (Wildman–Crippen LogP) is 3.65. The maximum atomic E-state index is 13.2. The number of rotatable bonds is 5. The molecule has 0 amide bonds. The minimum Gasteiger partial charge on any atom is -0.479 e. The van der Waals surface area contributed by atoms with Crippen molar-refractivity contribution in [1.29, 1.82) is 5.26 Å². The van der Waals surface area contributed by atoms with E-state index in [0.717, 1.165) is 16.8 Å². The normalized spacial score (nSPS) is 9.85. The molecule has 20 heavy (non-hydrogen) atoms. The molecular formula is C16H15FN2O. The monoisotopic (exact) mass is 270 g/mol. The van der Waals surface area contributed by atoms with Crippen molar-refractivity contribution in [2.24, 2.45) is 0 Å². The second kappa shape index (κ2) is 6.58. The molecule has 0 aliphatic heterocycles. The van der Waals surface area contributed by atoms with E-state index >= 15 is 0 Å². The molecule has 102 valence electrons. The fraction of sp³-hybridized carbons (Fsp3) is 0.188. The topological polar surface area (TPSA) is 45.0 Å². The second-order valence-corrected chi connectivity index (χ2v) is 4.40. The summed E-state index contributed by atoms with van der Waals surface area (Å²) in [5.74, 6) is 0.394. The van der Waals surface area contributed by atoms with Crippen molar-refractivity contribution >= 4 is 5.69 Å². The van der Waals surface area contributed by atoms with E-state index in [9.17, 15) is 4.39 Å². The van der Waals surface area contributed by atoms with Crippen molar-refractivity contribution in [3.63, 3.8) is 0 Å². The van der Waals surface area contributed by atoms with E-state index in [1.165, 1.54) is 12.1 Å². The number of aryl methyl sites for hydroxylation is 1. The van der Waals surface area contributed by atoms with E-state index < -0.39 is 0 Å². The molecule has 0 saturated heterocycles. The molecule has 1 N–H and O–H groups in total. The quantitative estimate of drug-likeness (QED) is 0.902. The van der Waals surface area contributed by atoms with Gasteiger partial charge in [0.25, 0.3) is 0 Å². The Morgan fingerprint density at radius 1 is 1.25 bits per heavy atom. The van der Waals surface area contributed by atoms with Gasteiger partial charge in [-0.3, -0.25) is 0 Å². The van der Waals surface area contributed by atoms with Crippen LogP contribution >= 0.6 is 0 Å². The maximum absolute atomic E-state index is 13.2. The lowest BCUT2D eigenvalue weighted by molar-refractivity contribution is 0.368. The highest BCUT2D eigenvalue weighted by Crippen LogP contribution is 2.19. The SMILES string of the molecule is Cc1ccc(F)cc1CNc1cccc(OCC#N)c1. The molecule has 3 nitrogen and oxygen atoms in total. The molecular weight excluding hydrogens is 255 g/mol. The number of nitrogens with zero attached hydrogens (tertiary/aromatic N) is 1. The van der Waals surface area contributed by atoms with E-state index in [-0.39, 0.29) is 12.4 Å². The number of hydrogen-bond acceptors (Lipinski definition) is 3. The largest absolute Gasteiger partial charge is 0.479 e. The standard InChI is InChI=1S/C16H15FN2O/c1-12-5-6-14(17)9-13(12)11-19-15-3-2-4-16(10-15)20-8-7-18/h2-6,9-10,19H,8,11H2,1H3. The number of halogens is 1. The average Bonchev–Trinajstić information content (AvgIpc) is 2.46. The highest BCUT2D eigenvalue weighted by molar-refractivity contribution is 5.49. The Labute approximate surface area is 117 Å². The Morgan fingerprint density at radius 2 is 2.10 bits per heavy atom. The Kier molecular flexibility index (Phi) is 4.56. The molecule has 2 aromatic rings. The number of nitriles is 1. The summed E-state index contributed by atoms with van der Waals surface area (Å²) in [4.78, 5) is 0. The average molecular weight is 270 g/mol. The van der Waals surface area contributed by atoms with Gasteiger partial charge in [-0.25, -0.2) is 4.39 Å². The van der Waals surface area contributed by atoms with Crippen LogP contribution in [-0.2, 0) is 6.54 Å². The zero-order valence-corrected chi connectivity index (χ0v) is 11.2. The van der Waals surface area contributed by atoms with E-state index in [1.807, 2.05) is 31.2 Å². The van der Waals surface area contributed by atoms with Crippen molar-refractivity contribution in [3.05, 3.63) is 59.4 Å². The fourth-order valence-corrected chi connectivity index (χ4v) is 1.84. The zero-order chi connectivity index (χ0) is 14.4. The van der Waals surface area contributed by atoms with Crippen LogP contribution in [0.25, 0.3) is 0 Å². The number of anilines is 1. The molecule has 0 heterocycles.